The molecule has 1 fully saturated rings. The Bertz CT molecular complexity index is 1760. The van der Waals surface area contributed by atoms with Crippen LogP contribution in [0, 0.1) is 29.6 Å². The van der Waals surface area contributed by atoms with Gasteiger partial charge in [0.25, 0.3) is 0 Å². The van der Waals surface area contributed by atoms with E-state index in [9.17, 15) is 10.1 Å². The number of nitriles is 2. The predicted octanol–water partition coefficient (Wildman–Crippen LogP) is 8.32. The number of rotatable bonds is 13. The number of pyridine rings is 1. The summed E-state index contributed by atoms with van der Waals surface area (Å²) in [5.74, 6) is 1.24. The molecule has 0 N–H and O–H groups in total. The third-order valence-corrected chi connectivity index (χ3v) is 8.14. The number of ether oxygens (including phenoxy) is 3. The summed E-state index contributed by atoms with van der Waals surface area (Å²) in [5.41, 5.74) is 5.46. The van der Waals surface area contributed by atoms with Crippen LogP contribution in [0.4, 0.5) is 0 Å². The summed E-state index contributed by atoms with van der Waals surface area (Å²) in [5, 5.41) is 19.5. The fraction of sp³-hybridized carbons (Fsp3) is 0.316. The van der Waals surface area contributed by atoms with Crippen molar-refractivity contribution in [2.45, 2.75) is 53.2 Å². The molecule has 2 heterocycles. The number of hydrogen-bond donors (Lipinski definition) is 0. The van der Waals surface area contributed by atoms with Crippen LogP contribution in [0.5, 0.6) is 17.2 Å². The number of hydrogen-bond acceptors (Lipinski definition) is 8. The molecule has 0 amide bonds. The Morgan fingerprint density at radius 3 is 2.38 bits per heavy atom. The van der Waals surface area contributed by atoms with Gasteiger partial charge >= 0.3 is 0 Å². The van der Waals surface area contributed by atoms with Gasteiger partial charge in [-0.25, -0.2) is 0 Å². The van der Waals surface area contributed by atoms with E-state index in [-0.39, 0.29) is 23.8 Å². The first kappa shape index (κ1) is 35.0. The lowest BCUT2D eigenvalue weighted by Gasteiger charge is -2.17. The normalized spacial score (nSPS) is 12.3. The molecular formula is C38H39ClN4O4. The van der Waals surface area contributed by atoms with Gasteiger partial charge in [-0.3, -0.25) is 9.78 Å². The van der Waals surface area contributed by atoms with Gasteiger partial charge in [0.05, 0.1) is 22.8 Å². The summed E-state index contributed by atoms with van der Waals surface area (Å²) in [6, 6.07) is 20.7. The molecule has 1 aliphatic rings. The van der Waals surface area contributed by atoms with Gasteiger partial charge in [-0.05, 0) is 74.2 Å². The van der Waals surface area contributed by atoms with Crippen molar-refractivity contribution in [3.63, 3.8) is 0 Å². The van der Waals surface area contributed by atoms with Crippen molar-refractivity contribution in [2.24, 2.45) is 0 Å². The zero-order valence-electron chi connectivity index (χ0n) is 27.1. The monoisotopic (exact) mass is 650 g/mol. The predicted molar refractivity (Wildman–Crippen MR) is 183 cm³/mol. The summed E-state index contributed by atoms with van der Waals surface area (Å²) < 4.78 is 18.1. The van der Waals surface area contributed by atoms with E-state index in [2.05, 4.69) is 16.0 Å². The average Bonchev–Trinajstić information content (AvgIpc) is 3.64. The van der Waals surface area contributed by atoms with Gasteiger partial charge in [0.2, 0.25) is 0 Å². The number of carbonyl (C=O) groups is 1. The van der Waals surface area contributed by atoms with E-state index in [1.165, 1.54) is 25.1 Å². The highest BCUT2D eigenvalue weighted by molar-refractivity contribution is 6.32. The van der Waals surface area contributed by atoms with Gasteiger partial charge in [-0.2, -0.15) is 10.5 Å². The molecule has 0 saturated carbocycles. The Kier molecular flexibility index (Phi) is 13.2. The third kappa shape index (κ3) is 9.10. The number of halogens is 1. The van der Waals surface area contributed by atoms with Crippen molar-refractivity contribution in [1.82, 2.24) is 9.88 Å². The zero-order chi connectivity index (χ0) is 33.6. The molecule has 4 aromatic rings. The second-order valence-corrected chi connectivity index (χ2v) is 11.2. The molecule has 3 aromatic carbocycles. The lowest BCUT2D eigenvalue weighted by atomic mass is 9.93. The number of carbonyl (C=O) groups excluding carboxylic acids is 1. The van der Waals surface area contributed by atoms with Crippen molar-refractivity contribution in [2.75, 3.05) is 26.2 Å². The van der Waals surface area contributed by atoms with Gasteiger partial charge in [0.15, 0.2) is 6.29 Å². The summed E-state index contributed by atoms with van der Waals surface area (Å²) in [7, 11) is 0. The minimum Gasteiger partial charge on any atom is -0.492 e. The maximum atomic E-state index is 11.7. The highest BCUT2D eigenvalue weighted by atomic mass is 35.5. The Balaban J connectivity index is 0.00000245. The quantitative estimate of drug-likeness (QED) is 0.105. The number of aldehydes is 1. The molecule has 0 unspecified atom stereocenters. The first-order valence-electron chi connectivity index (χ1n) is 15.9. The van der Waals surface area contributed by atoms with E-state index in [0.29, 0.717) is 46.8 Å². The lowest BCUT2D eigenvalue weighted by Crippen LogP contribution is -2.22. The van der Waals surface area contributed by atoms with Crippen molar-refractivity contribution in [3.8, 4) is 40.5 Å². The second kappa shape index (κ2) is 17.7. The Morgan fingerprint density at radius 2 is 1.64 bits per heavy atom. The summed E-state index contributed by atoms with van der Waals surface area (Å²) in [6.45, 7) is 10.2. The van der Waals surface area contributed by atoms with Crippen LogP contribution < -0.4 is 14.2 Å². The maximum absolute atomic E-state index is 11.7. The van der Waals surface area contributed by atoms with Crippen molar-refractivity contribution in [3.05, 3.63) is 105 Å². The fourth-order valence-corrected chi connectivity index (χ4v) is 5.65. The molecule has 8 nitrogen and oxygen atoms in total. The highest BCUT2D eigenvalue weighted by Gasteiger charge is 2.17. The van der Waals surface area contributed by atoms with Crippen LogP contribution in [-0.2, 0) is 13.2 Å². The van der Waals surface area contributed by atoms with E-state index in [1.807, 2.05) is 63.2 Å². The van der Waals surface area contributed by atoms with Crippen molar-refractivity contribution < 1.29 is 19.0 Å². The first-order chi connectivity index (χ1) is 23.0. The Morgan fingerprint density at radius 1 is 0.894 bits per heavy atom. The molecule has 9 heteroatoms. The van der Waals surface area contributed by atoms with Gasteiger partial charge < -0.3 is 19.1 Å². The van der Waals surface area contributed by atoms with E-state index in [0.717, 1.165) is 48.3 Å². The Hall–Kier alpha value is -4.89. The molecule has 242 valence electrons. The third-order valence-electron chi connectivity index (χ3n) is 7.84. The molecule has 0 aliphatic carbocycles. The molecular weight excluding hydrogens is 612 g/mol. The minimum absolute atomic E-state index is 0.105. The van der Waals surface area contributed by atoms with Gasteiger partial charge in [0.1, 0.15) is 48.2 Å². The molecule has 1 saturated heterocycles. The summed E-state index contributed by atoms with van der Waals surface area (Å²) >= 11 is 6.48. The standard InChI is InChI=1S/C36H33ClN4O4.C2H6/c1-25-28(24-45-36-17-35(29(22-42)16-33(36)37)44-23-27-15-26(18-38)20-40-21-27)7-4-8-30(25)31-9-5-10-34(32(31)19-39)43-14-6-13-41-11-2-3-12-41;1-2/h4-5,7-10,15-17,20-22H,2-3,6,11-14,23-24H2,1H3;1-2H3. The number of aromatic nitrogens is 1. The lowest BCUT2D eigenvalue weighted by molar-refractivity contribution is 0.111. The molecule has 1 aliphatic heterocycles. The highest BCUT2D eigenvalue weighted by Crippen LogP contribution is 2.36. The molecule has 0 spiro atoms. The number of nitrogens with zero attached hydrogens (tertiary/aromatic N) is 4. The van der Waals surface area contributed by atoms with Crippen molar-refractivity contribution >= 4 is 17.9 Å². The first-order valence-corrected chi connectivity index (χ1v) is 16.2. The number of likely N-dealkylation sites (tertiary alicyclic amines) is 1. The van der Waals surface area contributed by atoms with E-state index in [1.54, 1.807) is 18.3 Å². The van der Waals surface area contributed by atoms with Gasteiger partial charge in [0, 0.05) is 36.1 Å². The van der Waals surface area contributed by atoms with Crippen LogP contribution in [0.15, 0.2) is 67.0 Å². The van der Waals surface area contributed by atoms with Crippen LogP contribution in [-0.4, -0.2) is 42.4 Å². The van der Waals surface area contributed by atoms with Crippen LogP contribution in [0.3, 0.4) is 0 Å². The SMILES string of the molecule is CC.Cc1c(COc2cc(OCc3cncc(C#N)c3)c(C=O)cc2Cl)cccc1-c1cccc(OCCCN2CCCC2)c1C#N. The second-order valence-electron chi connectivity index (χ2n) is 10.8. The van der Waals surface area contributed by atoms with Crippen molar-refractivity contribution in [1.29, 1.82) is 10.5 Å². The minimum atomic E-state index is 0.105. The molecule has 1 aromatic heterocycles. The smallest absolute Gasteiger partial charge is 0.153 e. The van der Waals surface area contributed by atoms with Gasteiger partial charge in [-0.15, -0.1) is 0 Å². The number of benzene rings is 3. The Labute approximate surface area is 282 Å². The van der Waals surface area contributed by atoms with Crippen LogP contribution in [0.2, 0.25) is 5.02 Å². The van der Waals surface area contributed by atoms with E-state index >= 15 is 0 Å². The van der Waals surface area contributed by atoms with Crippen LogP contribution in [0.1, 0.15) is 71.3 Å². The van der Waals surface area contributed by atoms with Crippen LogP contribution >= 0.6 is 11.6 Å². The summed E-state index contributed by atoms with van der Waals surface area (Å²) in [6.07, 6.45) is 7.17. The molecule has 0 bridgehead atoms. The molecule has 5 rings (SSSR count). The summed E-state index contributed by atoms with van der Waals surface area (Å²) in [4.78, 5) is 18.2. The molecule has 47 heavy (non-hydrogen) atoms. The molecule has 0 atom stereocenters. The fourth-order valence-electron chi connectivity index (χ4n) is 5.42. The maximum Gasteiger partial charge on any atom is 0.153 e. The zero-order valence-corrected chi connectivity index (χ0v) is 27.8. The van der Waals surface area contributed by atoms with E-state index < -0.39 is 0 Å². The largest absolute Gasteiger partial charge is 0.492 e. The van der Waals surface area contributed by atoms with Gasteiger partial charge in [-0.1, -0.05) is 55.8 Å². The van der Waals surface area contributed by atoms with E-state index in [4.69, 9.17) is 31.1 Å². The van der Waals surface area contributed by atoms with Crippen LogP contribution in [0.25, 0.3) is 11.1 Å². The molecule has 0 radical (unpaired) electrons. The average molecular weight is 651 g/mol. The topological polar surface area (TPSA) is 108 Å².